The number of hydrogen-bond donors (Lipinski definition) is 5. The minimum atomic E-state index is -0.695. The van der Waals surface area contributed by atoms with Gasteiger partial charge in [-0.2, -0.15) is 0 Å². The number of H-pyrrole nitrogens is 2. The van der Waals surface area contributed by atoms with Gasteiger partial charge in [0.2, 0.25) is 11.8 Å². The van der Waals surface area contributed by atoms with Crippen molar-refractivity contribution in [1.82, 2.24) is 40.8 Å². The summed E-state index contributed by atoms with van der Waals surface area (Å²) in [6.07, 6.45) is 3.08. The third kappa shape index (κ3) is 8.35. The molecule has 2 aliphatic rings. The molecule has 3 heterocycles. The number of amides is 4. The Kier molecular flexibility index (Phi) is 11.7. The molecule has 0 spiro atoms. The molecule has 318 valence electrons. The quantitative estimate of drug-likeness (QED) is 0.0868. The third-order valence-electron chi connectivity index (χ3n) is 12.4. The molecule has 61 heavy (non-hydrogen) atoms. The zero-order valence-electron chi connectivity index (χ0n) is 35.5. The Balaban J connectivity index is 0.972. The van der Waals surface area contributed by atoms with Gasteiger partial charge in [-0.1, -0.05) is 82.6 Å². The van der Waals surface area contributed by atoms with Crippen LogP contribution in [-0.2, 0) is 19.1 Å². The van der Waals surface area contributed by atoms with E-state index >= 15 is 0 Å². The number of benzene rings is 4. The lowest BCUT2D eigenvalue weighted by Crippen LogP contribution is -2.52. The Morgan fingerprint density at radius 1 is 0.689 bits per heavy atom. The number of rotatable bonds is 11. The van der Waals surface area contributed by atoms with Gasteiger partial charge in [0.25, 0.3) is 0 Å². The minimum absolute atomic E-state index is 0.0346. The molecule has 5 atom stereocenters. The van der Waals surface area contributed by atoms with Crippen LogP contribution in [-0.4, -0.2) is 87.7 Å². The topological polar surface area (TPSA) is 183 Å². The first kappa shape index (κ1) is 41.3. The highest BCUT2D eigenvalue weighted by Crippen LogP contribution is 2.37. The Morgan fingerprint density at radius 2 is 1.33 bits per heavy atom. The molecule has 8 rings (SSSR count). The fourth-order valence-electron chi connectivity index (χ4n) is 9.04. The van der Waals surface area contributed by atoms with Crippen molar-refractivity contribution in [2.75, 3.05) is 20.8 Å². The molecule has 2 fully saturated rings. The fourth-order valence-corrected chi connectivity index (χ4v) is 9.04. The molecule has 6 aromatic rings. The Bertz CT molecular complexity index is 2600. The molecule has 4 amide bonds. The van der Waals surface area contributed by atoms with Crippen molar-refractivity contribution >= 4 is 56.8 Å². The molecule has 1 aliphatic heterocycles. The molecule has 0 radical (unpaired) electrons. The second kappa shape index (κ2) is 17.3. The molecular formula is C47H54N8O6. The number of aromatic amines is 2. The number of ether oxygens (including phenoxy) is 2. The lowest BCUT2D eigenvalue weighted by Gasteiger charge is -2.29. The molecule has 1 aliphatic carbocycles. The van der Waals surface area contributed by atoms with E-state index in [0.717, 1.165) is 98.8 Å². The van der Waals surface area contributed by atoms with Gasteiger partial charge in [0.15, 0.2) is 0 Å². The van der Waals surface area contributed by atoms with Crippen molar-refractivity contribution in [2.45, 2.75) is 89.9 Å². The van der Waals surface area contributed by atoms with Gasteiger partial charge in [-0.3, -0.25) is 9.59 Å². The fraction of sp³-hybridized carbons (Fsp3) is 0.404. The van der Waals surface area contributed by atoms with Crippen LogP contribution in [0.2, 0.25) is 0 Å². The number of methoxy groups -OCH3 is 2. The summed E-state index contributed by atoms with van der Waals surface area (Å²) in [6.45, 7) is 8.20. The van der Waals surface area contributed by atoms with Gasteiger partial charge in [0.1, 0.15) is 23.7 Å². The second-order valence-corrected chi connectivity index (χ2v) is 17.0. The number of hydrogen-bond acceptors (Lipinski definition) is 8. The number of likely N-dealkylation sites (tertiary alicyclic amines) is 1. The predicted octanol–water partition coefficient (Wildman–Crippen LogP) is 8.10. The number of carbonyl (C=O) groups is 4. The Morgan fingerprint density at radius 3 is 2.02 bits per heavy atom. The van der Waals surface area contributed by atoms with Gasteiger partial charge in [0, 0.05) is 23.9 Å². The molecular weight excluding hydrogens is 773 g/mol. The highest BCUT2D eigenvalue weighted by Gasteiger charge is 2.38. The first-order valence-electron chi connectivity index (χ1n) is 21.2. The highest BCUT2D eigenvalue weighted by molar-refractivity contribution is 6.05. The van der Waals surface area contributed by atoms with E-state index in [1.165, 1.54) is 14.2 Å². The van der Waals surface area contributed by atoms with Gasteiger partial charge in [-0.25, -0.2) is 19.6 Å². The van der Waals surface area contributed by atoms with Crippen LogP contribution in [0.15, 0.2) is 72.8 Å². The van der Waals surface area contributed by atoms with Gasteiger partial charge in [-0.05, 0) is 89.4 Å². The number of imidazole rings is 2. The van der Waals surface area contributed by atoms with E-state index in [1.807, 2.05) is 44.7 Å². The number of nitrogens with one attached hydrogen (secondary N) is 5. The maximum atomic E-state index is 13.7. The van der Waals surface area contributed by atoms with Crippen LogP contribution in [0, 0.1) is 11.8 Å². The van der Waals surface area contributed by atoms with Crippen LogP contribution in [0.25, 0.3) is 55.1 Å². The minimum Gasteiger partial charge on any atom is -0.453 e. The third-order valence-corrected chi connectivity index (χ3v) is 12.4. The highest BCUT2D eigenvalue weighted by atomic mass is 16.5. The summed E-state index contributed by atoms with van der Waals surface area (Å²) < 4.78 is 9.53. The van der Waals surface area contributed by atoms with E-state index < -0.39 is 24.3 Å². The summed E-state index contributed by atoms with van der Waals surface area (Å²) in [4.78, 5) is 69.8. The lowest BCUT2D eigenvalue weighted by atomic mass is 9.98. The van der Waals surface area contributed by atoms with Crippen LogP contribution in [0.1, 0.15) is 83.4 Å². The average molecular weight is 827 g/mol. The van der Waals surface area contributed by atoms with Crippen LogP contribution < -0.4 is 16.0 Å². The lowest BCUT2D eigenvalue weighted by molar-refractivity contribution is -0.135. The molecule has 14 nitrogen and oxygen atoms in total. The first-order valence-corrected chi connectivity index (χ1v) is 21.2. The summed E-state index contributed by atoms with van der Waals surface area (Å²) in [5.74, 6) is 1.07. The summed E-state index contributed by atoms with van der Waals surface area (Å²) in [5, 5.41) is 10.7. The first-order chi connectivity index (χ1) is 29.4. The Labute approximate surface area is 354 Å². The zero-order valence-corrected chi connectivity index (χ0v) is 35.5. The number of fused-ring (bicyclic) bond motifs is 4. The molecule has 4 aromatic carbocycles. The molecule has 0 bridgehead atoms. The molecule has 0 unspecified atom stereocenters. The molecule has 1 saturated heterocycles. The maximum Gasteiger partial charge on any atom is 0.407 e. The molecule has 1 saturated carbocycles. The van der Waals surface area contributed by atoms with E-state index in [-0.39, 0.29) is 41.7 Å². The summed E-state index contributed by atoms with van der Waals surface area (Å²) in [7, 11) is 2.59. The monoisotopic (exact) mass is 826 g/mol. The normalized spacial score (nSPS) is 18.8. The van der Waals surface area contributed by atoms with Crippen molar-refractivity contribution in [3.05, 3.63) is 84.4 Å². The second-order valence-electron chi connectivity index (χ2n) is 17.0. The number of aromatic nitrogens is 4. The SMILES string of the molecule is COC(=O)N[C@H](C(=O)N[C@H]1CCC[C@H]1c1nc2ccc(-c3ccc(-c4ccc5c(ccc6[nH]c([C@@H]7CCCN7C(=O)[C@@H](NC(=O)OC)C(C)C)nc65)c4)cc3)cc2[nH]1)C(C)C. The van der Waals surface area contributed by atoms with Crippen molar-refractivity contribution in [2.24, 2.45) is 11.8 Å². The van der Waals surface area contributed by atoms with E-state index in [1.54, 1.807) is 0 Å². The Hall–Kier alpha value is -6.44. The predicted molar refractivity (Wildman–Crippen MR) is 235 cm³/mol. The van der Waals surface area contributed by atoms with Crippen molar-refractivity contribution in [1.29, 1.82) is 0 Å². The van der Waals surface area contributed by atoms with Crippen molar-refractivity contribution < 1.29 is 28.7 Å². The molecule has 14 heteroatoms. The van der Waals surface area contributed by atoms with E-state index in [0.29, 0.717) is 6.54 Å². The van der Waals surface area contributed by atoms with Crippen LogP contribution in [0.4, 0.5) is 9.59 Å². The number of alkyl carbamates (subject to hydrolysis) is 2. The zero-order chi connectivity index (χ0) is 42.9. The van der Waals surface area contributed by atoms with Crippen LogP contribution in [0.3, 0.4) is 0 Å². The number of nitrogens with zero attached hydrogens (tertiary/aromatic N) is 3. The van der Waals surface area contributed by atoms with Gasteiger partial charge in [0.05, 0.1) is 42.3 Å². The summed E-state index contributed by atoms with van der Waals surface area (Å²) >= 11 is 0. The summed E-state index contributed by atoms with van der Waals surface area (Å²) in [5.41, 5.74) is 7.91. The average Bonchev–Trinajstić information content (AvgIpc) is 4.09. The number of carbonyl (C=O) groups excluding carboxylic acids is 4. The van der Waals surface area contributed by atoms with Crippen molar-refractivity contribution in [3.8, 4) is 22.3 Å². The summed E-state index contributed by atoms with van der Waals surface area (Å²) in [6, 6.07) is 23.7. The standard InChI is InChI=1S/C47H54N8O6/c1-25(2)39(53-46(58)60-5)44(56)51-34-10-7-9-33(34)42-48-35-20-17-30(24-37(35)50-42)28-14-12-27(13-15-28)29-16-19-32-31(23-29)18-21-36-41(32)52-43(49-36)38-11-8-22-55(38)45(57)40(26(3)4)54-47(59)61-6/h12-21,23-26,33-34,38-40H,7-11,22H2,1-6H3,(H,48,50)(H,49,52)(H,51,56)(H,53,58)(H,54,59)/t33-,34+,38+,39+,40+/m1/s1. The van der Waals surface area contributed by atoms with E-state index in [4.69, 9.17) is 19.4 Å². The van der Waals surface area contributed by atoms with Gasteiger partial charge >= 0.3 is 12.2 Å². The van der Waals surface area contributed by atoms with Gasteiger partial charge < -0.3 is 40.3 Å². The smallest absolute Gasteiger partial charge is 0.407 e. The molecule has 5 N–H and O–H groups in total. The van der Waals surface area contributed by atoms with Gasteiger partial charge in [-0.15, -0.1) is 0 Å². The van der Waals surface area contributed by atoms with Crippen LogP contribution >= 0.6 is 0 Å². The largest absolute Gasteiger partial charge is 0.453 e. The van der Waals surface area contributed by atoms with Crippen LogP contribution in [0.5, 0.6) is 0 Å². The molecule has 2 aromatic heterocycles. The van der Waals surface area contributed by atoms with Crippen molar-refractivity contribution in [3.63, 3.8) is 0 Å². The van der Waals surface area contributed by atoms with E-state index in [9.17, 15) is 19.2 Å². The van der Waals surface area contributed by atoms with E-state index in [2.05, 4.69) is 86.6 Å². The maximum absolute atomic E-state index is 13.7.